The molecule has 1 N–H and O–H groups in total. The van der Waals surface area contributed by atoms with Crippen molar-refractivity contribution in [2.24, 2.45) is 5.92 Å². The largest absolute Gasteiger partial charge is 0.478 e. The molecule has 0 aromatic heterocycles. The maximum Gasteiger partial charge on any atom is 0.273 e. The van der Waals surface area contributed by atoms with Crippen molar-refractivity contribution in [3.63, 3.8) is 0 Å². The first-order valence-electron chi connectivity index (χ1n) is 9.34. The van der Waals surface area contributed by atoms with Crippen LogP contribution in [0.5, 0.6) is 5.75 Å². The van der Waals surface area contributed by atoms with E-state index in [-0.39, 0.29) is 29.2 Å². The number of nitro benzene ring substituents is 1. The summed E-state index contributed by atoms with van der Waals surface area (Å²) < 4.78 is 5.76. The number of rotatable bonds is 5. The van der Waals surface area contributed by atoms with Crippen molar-refractivity contribution in [3.05, 3.63) is 58.1 Å². The summed E-state index contributed by atoms with van der Waals surface area (Å²) in [6, 6.07) is 10.5. The average molecular weight is 397 g/mol. The first-order valence-corrected chi connectivity index (χ1v) is 9.34. The number of ether oxygens (including phenoxy) is 1. The van der Waals surface area contributed by atoms with Gasteiger partial charge in [0, 0.05) is 11.8 Å². The number of hydrogen-bond acceptors (Lipinski definition) is 5. The van der Waals surface area contributed by atoms with Crippen LogP contribution in [-0.2, 0) is 9.59 Å². The zero-order chi connectivity index (χ0) is 21.3. The lowest BCUT2D eigenvalue weighted by molar-refractivity contribution is -0.384. The summed E-state index contributed by atoms with van der Waals surface area (Å²) in [6.45, 7) is 7.21. The van der Waals surface area contributed by atoms with Crippen molar-refractivity contribution in [2.45, 2.75) is 39.8 Å². The molecule has 2 aromatic carbocycles. The Morgan fingerprint density at radius 1 is 1.17 bits per heavy atom. The van der Waals surface area contributed by atoms with Gasteiger partial charge in [-0.2, -0.15) is 0 Å². The van der Waals surface area contributed by atoms with Gasteiger partial charge in [-0.1, -0.05) is 31.5 Å². The van der Waals surface area contributed by atoms with E-state index in [0.29, 0.717) is 11.4 Å². The van der Waals surface area contributed by atoms with Crippen LogP contribution in [0.2, 0.25) is 0 Å². The molecule has 0 spiro atoms. The van der Waals surface area contributed by atoms with Gasteiger partial charge in [-0.15, -0.1) is 0 Å². The molecule has 152 valence electrons. The van der Waals surface area contributed by atoms with Crippen LogP contribution in [0.3, 0.4) is 0 Å². The van der Waals surface area contributed by atoms with E-state index < -0.39 is 17.1 Å². The fourth-order valence-electron chi connectivity index (χ4n) is 3.17. The fourth-order valence-corrected chi connectivity index (χ4v) is 3.17. The van der Waals surface area contributed by atoms with Gasteiger partial charge in [0.1, 0.15) is 6.04 Å². The number of fused-ring (bicyclic) bond motifs is 1. The molecule has 2 unspecified atom stereocenters. The van der Waals surface area contributed by atoms with E-state index in [2.05, 4.69) is 5.32 Å². The summed E-state index contributed by atoms with van der Waals surface area (Å²) in [5.41, 5.74) is 1.88. The molecule has 8 heteroatoms. The second kappa shape index (κ2) is 7.90. The third-order valence-corrected chi connectivity index (χ3v) is 4.84. The molecule has 1 heterocycles. The van der Waals surface area contributed by atoms with Gasteiger partial charge in [0.05, 0.1) is 16.7 Å². The van der Waals surface area contributed by atoms with Gasteiger partial charge < -0.3 is 10.1 Å². The third kappa shape index (κ3) is 4.06. The summed E-state index contributed by atoms with van der Waals surface area (Å²) in [5, 5.41) is 13.9. The summed E-state index contributed by atoms with van der Waals surface area (Å²) in [4.78, 5) is 37.9. The van der Waals surface area contributed by atoms with E-state index in [1.54, 1.807) is 19.1 Å². The van der Waals surface area contributed by atoms with Crippen LogP contribution < -0.4 is 15.0 Å². The van der Waals surface area contributed by atoms with E-state index in [1.807, 2.05) is 32.9 Å². The highest BCUT2D eigenvalue weighted by molar-refractivity contribution is 6.08. The summed E-state index contributed by atoms with van der Waals surface area (Å²) in [6.07, 6.45) is -0.834. The molecular formula is C21H23N3O5. The van der Waals surface area contributed by atoms with Crippen molar-refractivity contribution in [1.82, 2.24) is 0 Å². The van der Waals surface area contributed by atoms with Gasteiger partial charge in [-0.3, -0.25) is 24.6 Å². The summed E-state index contributed by atoms with van der Waals surface area (Å²) >= 11 is 0. The first-order chi connectivity index (χ1) is 13.7. The zero-order valence-corrected chi connectivity index (χ0v) is 16.7. The van der Waals surface area contributed by atoms with Crippen molar-refractivity contribution in [1.29, 1.82) is 0 Å². The Balaban J connectivity index is 1.95. The van der Waals surface area contributed by atoms with Crippen LogP contribution in [0.1, 0.15) is 26.3 Å². The molecule has 29 heavy (non-hydrogen) atoms. The molecule has 0 saturated heterocycles. The molecule has 0 bridgehead atoms. The van der Waals surface area contributed by atoms with Gasteiger partial charge in [0.15, 0.2) is 11.9 Å². The molecule has 2 atom stereocenters. The van der Waals surface area contributed by atoms with Crippen molar-refractivity contribution >= 4 is 28.9 Å². The lowest BCUT2D eigenvalue weighted by Gasteiger charge is -2.38. The van der Waals surface area contributed by atoms with E-state index in [1.165, 1.54) is 23.1 Å². The SMILES string of the molecule is Cc1ccc(NC(=O)C(C)N2C(=O)C(C(C)C)Oc3cc([N+](=O)[O-])ccc32)cc1. The highest BCUT2D eigenvalue weighted by Gasteiger charge is 2.41. The van der Waals surface area contributed by atoms with Gasteiger partial charge in [-0.05, 0) is 38.0 Å². The Kier molecular flexibility index (Phi) is 5.54. The molecule has 0 aliphatic carbocycles. The number of anilines is 2. The number of aryl methyl sites for hydroxylation is 1. The predicted octanol–water partition coefficient (Wildman–Crippen LogP) is 3.68. The summed E-state index contributed by atoms with van der Waals surface area (Å²) in [7, 11) is 0. The highest BCUT2D eigenvalue weighted by atomic mass is 16.6. The van der Waals surface area contributed by atoms with E-state index >= 15 is 0 Å². The molecule has 3 rings (SSSR count). The first kappa shape index (κ1) is 20.3. The normalized spacial score (nSPS) is 16.8. The monoisotopic (exact) mass is 397 g/mol. The number of nitro groups is 1. The van der Waals surface area contributed by atoms with Crippen LogP contribution in [0.15, 0.2) is 42.5 Å². The Bertz CT molecular complexity index is 955. The molecule has 0 fully saturated rings. The van der Waals surface area contributed by atoms with E-state index in [0.717, 1.165) is 5.56 Å². The number of amides is 2. The van der Waals surface area contributed by atoms with Crippen LogP contribution in [0.4, 0.5) is 17.1 Å². The maximum absolute atomic E-state index is 13.1. The molecule has 1 aliphatic heterocycles. The molecule has 2 amide bonds. The zero-order valence-electron chi connectivity index (χ0n) is 16.7. The number of nitrogens with one attached hydrogen (secondary N) is 1. The molecule has 1 aliphatic rings. The number of nitrogens with zero attached hydrogens (tertiary/aromatic N) is 2. The Labute approximate surface area is 168 Å². The van der Waals surface area contributed by atoms with Crippen LogP contribution in [-0.4, -0.2) is 28.9 Å². The third-order valence-electron chi connectivity index (χ3n) is 4.84. The minimum Gasteiger partial charge on any atom is -0.478 e. The topological polar surface area (TPSA) is 102 Å². The van der Waals surface area contributed by atoms with E-state index in [4.69, 9.17) is 4.74 Å². The molecule has 0 radical (unpaired) electrons. The van der Waals surface area contributed by atoms with Crippen LogP contribution in [0, 0.1) is 23.0 Å². The van der Waals surface area contributed by atoms with Gasteiger partial charge in [0.2, 0.25) is 5.91 Å². The van der Waals surface area contributed by atoms with Gasteiger partial charge >= 0.3 is 0 Å². The molecule has 0 saturated carbocycles. The minimum atomic E-state index is -0.839. The molecular weight excluding hydrogens is 374 g/mol. The van der Waals surface area contributed by atoms with E-state index in [9.17, 15) is 19.7 Å². The Morgan fingerprint density at radius 2 is 1.83 bits per heavy atom. The van der Waals surface area contributed by atoms with Crippen molar-refractivity contribution < 1.29 is 19.2 Å². The number of carbonyl (C=O) groups excluding carboxylic acids is 2. The number of hydrogen-bond donors (Lipinski definition) is 1. The minimum absolute atomic E-state index is 0.141. The van der Waals surface area contributed by atoms with Crippen LogP contribution in [0.25, 0.3) is 0 Å². The van der Waals surface area contributed by atoms with Gasteiger partial charge in [-0.25, -0.2) is 0 Å². The standard InChI is InChI=1S/C21H23N3O5/c1-12(2)19-21(26)23(17-10-9-16(24(27)28)11-18(17)29-19)14(4)20(25)22-15-7-5-13(3)6-8-15/h5-12,14,19H,1-4H3,(H,22,25). The molecule has 2 aromatic rings. The maximum atomic E-state index is 13.1. The quantitative estimate of drug-likeness (QED) is 0.612. The smallest absolute Gasteiger partial charge is 0.273 e. The number of carbonyl (C=O) groups is 2. The molecule has 8 nitrogen and oxygen atoms in total. The lowest BCUT2D eigenvalue weighted by Crippen LogP contribution is -2.55. The number of non-ortho nitro benzene ring substituents is 1. The Hall–Kier alpha value is -3.42. The lowest BCUT2D eigenvalue weighted by atomic mass is 10.0. The van der Waals surface area contributed by atoms with Crippen LogP contribution >= 0.6 is 0 Å². The second-order valence-corrected chi connectivity index (χ2v) is 7.43. The number of benzene rings is 2. The highest BCUT2D eigenvalue weighted by Crippen LogP contribution is 2.39. The van der Waals surface area contributed by atoms with Crippen molar-refractivity contribution in [3.8, 4) is 5.75 Å². The van der Waals surface area contributed by atoms with Gasteiger partial charge in [0.25, 0.3) is 11.6 Å². The second-order valence-electron chi connectivity index (χ2n) is 7.43. The Morgan fingerprint density at radius 3 is 2.41 bits per heavy atom. The average Bonchev–Trinajstić information content (AvgIpc) is 2.68. The summed E-state index contributed by atoms with van der Waals surface area (Å²) in [5.74, 6) is -0.680. The fraction of sp³-hybridized carbons (Fsp3) is 0.333. The van der Waals surface area contributed by atoms with Crippen molar-refractivity contribution in [2.75, 3.05) is 10.2 Å². The predicted molar refractivity (Wildman–Crippen MR) is 109 cm³/mol.